The zero-order valence-corrected chi connectivity index (χ0v) is 16.4. The lowest BCUT2D eigenvalue weighted by Crippen LogP contribution is -2.21. The second-order valence-corrected chi connectivity index (χ2v) is 7.81. The molecule has 10 heteroatoms. The molecule has 3 rings (SSSR count). The van der Waals surface area contributed by atoms with Gasteiger partial charge in [0.1, 0.15) is 9.88 Å². The number of anilines is 1. The van der Waals surface area contributed by atoms with Gasteiger partial charge in [-0.05, 0) is 24.4 Å². The molecule has 0 saturated carbocycles. The second-order valence-electron chi connectivity index (χ2n) is 5.02. The Hall–Kier alpha value is -2.00. The Balaban J connectivity index is 1.61. The number of esters is 1. The summed E-state index contributed by atoms with van der Waals surface area (Å²) in [6.07, 6.45) is 1.35. The molecular weight excluding hydrogens is 417 g/mol. The van der Waals surface area contributed by atoms with Crippen molar-refractivity contribution in [3.05, 3.63) is 50.4 Å². The molecule has 6 nitrogen and oxygen atoms in total. The van der Waals surface area contributed by atoms with Crippen LogP contribution in [-0.2, 0) is 9.53 Å². The molecule has 1 amide bonds. The van der Waals surface area contributed by atoms with E-state index in [1.807, 2.05) is 17.5 Å². The van der Waals surface area contributed by atoms with Crippen LogP contribution in [0.1, 0.15) is 15.4 Å². The van der Waals surface area contributed by atoms with Crippen LogP contribution in [0.3, 0.4) is 0 Å². The summed E-state index contributed by atoms with van der Waals surface area (Å²) < 4.78 is 5.06. The topological polar surface area (TPSA) is 81.2 Å². The van der Waals surface area contributed by atoms with Crippen molar-refractivity contribution in [2.75, 3.05) is 11.9 Å². The first kappa shape index (κ1) is 18.8. The maximum Gasteiger partial charge on any atom is 0.350 e. The van der Waals surface area contributed by atoms with Crippen LogP contribution in [0.25, 0.3) is 9.88 Å². The number of halogens is 2. The number of aromatic nitrogens is 2. The van der Waals surface area contributed by atoms with Crippen molar-refractivity contribution in [1.29, 1.82) is 0 Å². The second kappa shape index (κ2) is 8.13. The van der Waals surface area contributed by atoms with Crippen molar-refractivity contribution in [2.45, 2.75) is 6.92 Å². The van der Waals surface area contributed by atoms with E-state index < -0.39 is 18.5 Å². The van der Waals surface area contributed by atoms with Gasteiger partial charge in [-0.2, -0.15) is 0 Å². The Bertz CT molecular complexity index is 958. The maximum absolute atomic E-state index is 12.2. The Kier molecular flexibility index (Phi) is 5.87. The number of carbonyl (C=O) groups excluding carboxylic acids is 2. The quantitative estimate of drug-likeness (QED) is 0.597. The van der Waals surface area contributed by atoms with E-state index in [1.54, 1.807) is 6.92 Å². The lowest BCUT2D eigenvalue weighted by Gasteiger charge is -2.07. The summed E-state index contributed by atoms with van der Waals surface area (Å²) in [4.78, 5) is 33.8. The average molecular weight is 428 g/mol. The van der Waals surface area contributed by atoms with Gasteiger partial charge in [0, 0.05) is 6.20 Å². The van der Waals surface area contributed by atoms with Crippen LogP contribution in [0.15, 0.2) is 29.8 Å². The monoisotopic (exact) mass is 427 g/mol. The van der Waals surface area contributed by atoms with Crippen LogP contribution < -0.4 is 5.32 Å². The zero-order chi connectivity index (χ0) is 18.7. The fourth-order valence-corrected chi connectivity index (χ4v) is 4.15. The Morgan fingerprint density at radius 1 is 1.35 bits per heavy atom. The van der Waals surface area contributed by atoms with E-state index in [0.29, 0.717) is 15.6 Å². The van der Waals surface area contributed by atoms with Crippen molar-refractivity contribution in [2.24, 2.45) is 0 Å². The lowest BCUT2D eigenvalue weighted by molar-refractivity contribution is -0.119. The lowest BCUT2D eigenvalue weighted by atomic mass is 10.4. The van der Waals surface area contributed by atoms with Crippen molar-refractivity contribution in [1.82, 2.24) is 9.97 Å². The third-order valence-electron chi connectivity index (χ3n) is 3.11. The predicted molar refractivity (Wildman–Crippen MR) is 103 cm³/mol. The number of rotatable bonds is 5. The Labute approximate surface area is 166 Å². The highest BCUT2D eigenvalue weighted by Crippen LogP contribution is 2.31. The number of hydrogen-bond donors (Lipinski definition) is 1. The summed E-state index contributed by atoms with van der Waals surface area (Å²) in [5.74, 6) is -1.02. The van der Waals surface area contributed by atoms with E-state index >= 15 is 0 Å². The molecule has 0 bridgehead atoms. The number of aryl methyl sites for hydroxylation is 1. The molecular formula is C16H11Cl2N3O3S2. The highest BCUT2D eigenvalue weighted by Gasteiger charge is 2.19. The summed E-state index contributed by atoms with van der Waals surface area (Å²) in [5.41, 5.74) is 0.561. The number of nitrogens with zero attached hydrogens (tertiary/aromatic N) is 2. The molecule has 0 aliphatic heterocycles. The van der Waals surface area contributed by atoms with Gasteiger partial charge in [-0.15, -0.1) is 22.7 Å². The molecule has 0 aliphatic rings. The summed E-state index contributed by atoms with van der Waals surface area (Å²) >= 11 is 14.4. The number of hydrogen-bond acceptors (Lipinski definition) is 7. The number of amides is 1. The van der Waals surface area contributed by atoms with Gasteiger partial charge >= 0.3 is 5.97 Å². The van der Waals surface area contributed by atoms with Crippen LogP contribution >= 0.6 is 45.9 Å². The van der Waals surface area contributed by atoms with Gasteiger partial charge in [0.25, 0.3) is 5.91 Å². The predicted octanol–water partition coefficient (Wildman–Crippen LogP) is 4.68. The Morgan fingerprint density at radius 2 is 2.15 bits per heavy atom. The molecule has 0 saturated heterocycles. The number of nitrogens with one attached hydrogen (secondary N) is 1. The van der Waals surface area contributed by atoms with E-state index in [1.165, 1.54) is 34.9 Å². The van der Waals surface area contributed by atoms with E-state index in [0.717, 1.165) is 9.88 Å². The van der Waals surface area contributed by atoms with Crippen LogP contribution in [0.4, 0.5) is 5.82 Å². The first-order valence-corrected chi connectivity index (χ1v) is 9.68. The zero-order valence-electron chi connectivity index (χ0n) is 13.3. The van der Waals surface area contributed by atoms with Gasteiger partial charge in [0.05, 0.1) is 20.6 Å². The molecule has 1 N–H and O–H groups in total. The molecule has 0 spiro atoms. The van der Waals surface area contributed by atoms with Gasteiger partial charge < -0.3 is 10.1 Å². The number of ether oxygens (including phenoxy) is 1. The number of thiazole rings is 1. The third kappa shape index (κ3) is 4.39. The molecule has 0 atom stereocenters. The van der Waals surface area contributed by atoms with E-state index in [9.17, 15) is 9.59 Å². The molecule has 0 aliphatic carbocycles. The molecule has 0 radical (unpaired) electrons. The SMILES string of the molecule is Cc1nc(-c2cccs2)sc1C(=O)OCC(=O)Nc1ncc(Cl)cc1Cl. The van der Waals surface area contributed by atoms with Gasteiger partial charge in [0.2, 0.25) is 0 Å². The molecule has 3 aromatic rings. The minimum Gasteiger partial charge on any atom is -0.451 e. The van der Waals surface area contributed by atoms with Gasteiger partial charge in [-0.3, -0.25) is 4.79 Å². The number of pyridine rings is 1. The first-order chi connectivity index (χ1) is 12.4. The van der Waals surface area contributed by atoms with Crippen molar-refractivity contribution in [3.8, 4) is 9.88 Å². The van der Waals surface area contributed by atoms with E-state index in [4.69, 9.17) is 27.9 Å². The molecule has 0 fully saturated rings. The fraction of sp³-hybridized carbons (Fsp3) is 0.125. The van der Waals surface area contributed by atoms with Crippen LogP contribution in [-0.4, -0.2) is 28.5 Å². The molecule has 0 aromatic carbocycles. The highest BCUT2D eigenvalue weighted by atomic mass is 35.5. The molecule has 0 unspecified atom stereocenters. The van der Waals surface area contributed by atoms with Gasteiger partial charge in [0.15, 0.2) is 12.4 Å². The third-order valence-corrected chi connectivity index (χ3v) is 5.79. The van der Waals surface area contributed by atoms with Crippen molar-refractivity contribution in [3.63, 3.8) is 0 Å². The smallest absolute Gasteiger partial charge is 0.350 e. The summed E-state index contributed by atoms with van der Waals surface area (Å²) in [5, 5.41) is 5.67. The number of carbonyl (C=O) groups is 2. The van der Waals surface area contributed by atoms with Gasteiger partial charge in [-0.1, -0.05) is 29.3 Å². The minimum absolute atomic E-state index is 0.145. The molecule has 3 aromatic heterocycles. The fourth-order valence-electron chi connectivity index (χ4n) is 1.96. The molecule has 134 valence electrons. The summed E-state index contributed by atoms with van der Waals surface area (Å²) in [6.45, 7) is 1.26. The van der Waals surface area contributed by atoms with Crippen LogP contribution in [0.5, 0.6) is 0 Å². The Morgan fingerprint density at radius 3 is 2.85 bits per heavy atom. The normalized spacial score (nSPS) is 10.6. The first-order valence-electron chi connectivity index (χ1n) is 7.23. The number of thiophene rings is 1. The van der Waals surface area contributed by atoms with Gasteiger partial charge in [-0.25, -0.2) is 14.8 Å². The summed E-state index contributed by atoms with van der Waals surface area (Å²) in [6, 6.07) is 5.29. The van der Waals surface area contributed by atoms with E-state index in [-0.39, 0.29) is 10.8 Å². The van der Waals surface area contributed by atoms with Crippen molar-refractivity contribution >= 4 is 63.6 Å². The van der Waals surface area contributed by atoms with Crippen LogP contribution in [0.2, 0.25) is 10.0 Å². The highest BCUT2D eigenvalue weighted by molar-refractivity contribution is 7.22. The summed E-state index contributed by atoms with van der Waals surface area (Å²) in [7, 11) is 0. The molecule has 3 heterocycles. The van der Waals surface area contributed by atoms with Crippen molar-refractivity contribution < 1.29 is 14.3 Å². The average Bonchev–Trinajstić information content (AvgIpc) is 3.24. The molecule has 26 heavy (non-hydrogen) atoms. The largest absolute Gasteiger partial charge is 0.451 e. The standard InChI is InChI=1S/C16H11Cl2N3O3S2/c1-8-13(26-15(20-8)11-3-2-4-25-11)16(23)24-7-12(22)21-14-10(18)5-9(17)6-19-14/h2-6H,7H2,1H3,(H,19,21,22). The van der Waals surface area contributed by atoms with E-state index in [2.05, 4.69) is 15.3 Å². The minimum atomic E-state index is -0.604. The maximum atomic E-state index is 12.2. The van der Waals surface area contributed by atoms with Crippen LogP contribution in [0, 0.1) is 6.92 Å².